The number of rotatable bonds is 4. The van der Waals surface area contributed by atoms with Gasteiger partial charge in [0.1, 0.15) is 6.04 Å². The largest absolute Gasteiger partial charge is 0.361 e. The normalized spacial score (nSPS) is 21.3. The summed E-state index contributed by atoms with van der Waals surface area (Å²) >= 11 is 5.48. The number of H-pyrrole nitrogens is 1. The first-order chi connectivity index (χ1) is 13.0. The highest BCUT2D eigenvalue weighted by Crippen LogP contribution is 2.25. The molecular formula is C19H23N5O2S. The number of fused-ring (bicyclic) bond motifs is 1. The number of carbonyl (C=O) groups is 2. The Bertz CT molecular complexity index is 889. The maximum absolute atomic E-state index is 12.7. The number of piperidine rings is 1. The summed E-state index contributed by atoms with van der Waals surface area (Å²) < 4.78 is 0. The van der Waals surface area contributed by atoms with E-state index < -0.39 is 6.04 Å². The summed E-state index contributed by atoms with van der Waals surface area (Å²) in [6, 6.07) is 7.11. The summed E-state index contributed by atoms with van der Waals surface area (Å²) in [6.45, 7) is 1.73. The fourth-order valence-electron chi connectivity index (χ4n) is 3.81. The minimum atomic E-state index is -0.574. The van der Waals surface area contributed by atoms with Gasteiger partial charge >= 0.3 is 0 Å². The van der Waals surface area contributed by atoms with Gasteiger partial charge in [0.05, 0.1) is 6.42 Å². The third kappa shape index (κ3) is 3.42. The van der Waals surface area contributed by atoms with Crippen molar-refractivity contribution in [3.63, 3.8) is 0 Å². The van der Waals surface area contributed by atoms with Crippen LogP contribution < -0.4 is 5.32 Å². The van der Waals surface area contributed by atoms with Crippen molar-refractivity contribution < 1.29 is 9.59 Å². The van der Waals surface area contributed by atoms with Crippen molar-refractivity contribution in [3.05, 3.63) is 30.5 Å². The summed E-state index contributed by atoms with van der Waals surface area (Å²) in [5.74, 6) is -0.320. The van der Waals surface area contributed by atoms with Crippen molar-refractivity contribution in [1.29, 1.82) is 0 Å². The maximum atomic E-state index is 12.7. The molecule has 2 aliphatic heterocycles. The predicted octanol–water partition coefficient (Wildman–Crippen LogP) is 2.32. The smallest absolute Gasteiger partial charge is 0.253 e. The molecule has 2 N–H and O–H groups in total. The van der Waals surface area contributed by atoms with Gasteiger partial charge in [0.15, 0.2) is 5.11 Å². The van der Waals surface area contributed by atoms with Crippen LogP contribution in [-0.4, -0.2) is 63.0 Å². The van der Waals surface area contributed by atoms with Crippen molar-refractivity contribution >= 4 is 45.7 Å². The number of amides is 2. The molecule has 0 saturated carbocycles. The molecule has 142 valence electrons. The van der Waals surface area contributed by atoms with Crippen molar-refractivity contribution in [2.24, 2.45) is 0 Å². The fourth-order valence-corrected chi connectivity index (χ4v) is 4.14. The monoisotopic (exact) mass is 385 g/mol. The van der Waals surface area contributed by atoms with Crippen LogP contribution in [0.25, 0.3) is 10.9 Å². The van der Waals surface area contributed by atoms with E-state index in [4.69, 9.17) is 12.2 Å². The summed E-state index contributed by atoms with van der Waals surface area (Å²) in [5, 5.41) is 8.44. The molecule has 2 saturated heterocycles. The molecule has 1 aromatic heterocycles. The second-order valence-corrected chi connectivity index (χ2v) is 7.45. The van der Waals surface area contributed by atoms with Crippen LogP contribution in [0.3, 0.4) is 0 Å². The number of anilines is 1. The van der Waals surface area contributed by atoms with Crippen molar-refractivity contribution in [2.75, 3.05) is 25.5 Å². The number of nitrogens with one attached hydrogen (secondary N) is 2. The molecule has 27 heavy (non-hydrogen) atoms. The Hall–Kier alpha value is -2.45. The van der Waals surface area contributed by atoms with Gasteiger partial charge in [-0.05, 0) is 48.6 Å². The maximum Gasteiger partial charge on any atom is 0.253 e. The number of aromatic nitrogens is 1. The van der Waals surface area contributed by atoms with Crippen LogP contribution in [0.4, 0.5) is 5.69 Å². The van der Waals surface area contributed by atoms with Crippen LogP contribution in [-0.2, 0) is 9.59 Å². The molecule has 8 heteroatoms. The fraction of sp³-hybridized carbons (Fsp3) is 0.421. The van der Waals surface area contributed by atoms with E-state index in [0.29, 0.717) is 10.8 Å². The molecule has 2 aliphatic rings. The molecule has 0 radical (unpaired) electrons. The van der Waals surface area contributed by atoms with Gasteiger partial charge in [-0.2, -0.15) is 0 Å². The van der Waals surface area contributed by atoms with E-state index >= 15 is 0 Å². The van der Waals surface area contributed by atoms with Crippen LogP contribution in [0, 0.1) is 0 Å². The van der Waals surface area contributed by atoms with Crippen LogP contribution in [0.1, 0.15) is 25.7 Å². The Kier molecular flexibility index (Phi) is 4.84. The number of aromatic amines is 1. The Morgan fingerprint density at radius 1 is 1.26 bits per heavy atom. The van der Waals surface area contributed by atoms with Gasteiger partial charge in [-0.1, -0.05) is 12.5 Å². The van der Waals surface area contributed by atoms with E-state index in [1.165, 1.54) is 11.3 Å². The lowest BCUT2D eigenvalue weighted by atomic mass is 10.1. The molecule has 0 spiro atoms. The molecule has 1 unspecified atom stereocenters. The van der Waals surface area contributed by atoms with Crippen molar-refractivity contribution in [2.45, 2.75) is 31.7 Å². The highest BCUT2D eigenvalue weighted by molar-refractivity contribution is 7.80. The summed E-state index contributed by atoms with van der Waals surface area (Å²) in [6.07, 6.45) is 5.27. The standard InChI is InChI=1S/C19H23N5O2S/c1-22-18(26)16(24(19(22)27)23-9-3-2-4-10-23)12-17(25)21-14-6-5-13-7-8-20-15(13)11-14/h5-8,11,16,20H,2-4,9-10,12H2,1H3,(H,21,25). The molecular weight excluding hydrogens is 362 g/mol. The molecule has 1 aromatic carbocycles. The zero-order chi connectivity index (χ0) is 19.0. The number of nitrogens with zero attached hydrogens (tertiary/aromatic N) is 3. The number of hydrogen-bond acceptors (Lipinski definition) is 4. The topological polar surface area (TPSA) is 71.7 Å². The van der Waals surface area contributed by atoms with Gasteiger partial charge < -0.3 is 10.3 Å². The lowest BCUT2D eigenvalue weighted by Crippen LogP contribution is -2.51. The lowest BCUT2D eigenvalue weighted by Gasteiger charge is -2.38. The predicted molar refractivity (Wildman–Crippen MR) is 108 cm³/mol. The molecule has 3 heterocycles. The van der Waals surface area contributed by atoms with Gasteiger partial charge in [-0.3, -0.25) is 19.5 Å². The second-order valence-electron chi connectivity index (χ2n) is 7.09. The van der Waals surface area contributed by atoms with Gasteiger partial charge in [0.25, 0.3) is 5.91 Å². The molecule has 2 aromatic rings. The molecule has 0 aliphatic carbocycles. The van der Waals surface area contributed by atoms with E-state index in [9.17, 15) is 9.59 Å². The number of hydrogen-bond donors (Lipinski definition) is 2. The van der Waals surface area contributed by atoms with Crippen molar-refractivity contribution in [1.82, 2.24) is 19.9 Å². The van der Waals surface area contributed by atoms with Gasteiger partial charge in [-0.15, -0.1) is 0 Å². The van der Waals surface area contributed by atoms with Crippen LogP contribution in [0.5, 0.6) is 0 Å². The third-order valence-electron chi connectivity index (χ3n) is 5.25. The SMILES string of the molecule is CN1C(=O)C(CC(=O)Nc2ccc3cc[nH]c3c2)N(N2CCCCC2)C1=S. The Morgan fingerprint density at radius 2 is 2.04 bits per heavy atom. The van der Waals surface area contributed by atoms with Crippen LogP contribution in [0.15, 0.2) is 30.5 Å². The third-order valence-corrected chi connectivity index (χ3v) is 5.71. The summed E-state index contributed by atoms with van der Waals surface area (Å²) in [7, 11) is 1.68. The molecule has 1 atom stereocenters. The van der Waals surface area contributed by atoms with Gasteiger partial charge in [-0.25, -0.2) is 5.01 Å². The Balaban J connectivity index is 1.48. The van der Waals surface area contributed by atoms with E-state index in [1.54, 1.807) is 7.05 Å². The number of benzene rings is 1. The zero-order valence-electron chi connectivity index (χ0n) is 15.3. The molecule has 2 fully saturated rings. The molecule has 0 bridgehead atoms. The molecule has 2 amide bonds. The average Bonchev–Trinajstić information content (AvgIpc) is 3.21. The lowest BCUT2D eigenvalue weighted by molar-refractivity contribution is -0.133. The van der Waals surface area contributed by atoms with E-state index in [0.717, 1.165) is 36.8 Å². The van der Waals surface area contributed by atoms with E-state index in [2.05, 4.69) is 15.3 Å². The van der Waals surface area contributed by atoms with E-state index in [-0.39, 0.29) is 18.2 Å². The van der Waals surface area contributed by atoms with E-state index in [1.807, 2.05) is 35.5 Å². The van der Waals surface area contributed by atoms with Gasteiger partial charge in [0.2, 0.25) is 5.91 Å². The second kappa shape index (κ2) is 7.28. The molecule has 4 rings (SSSR count). The minimum absolute atomic E-state index is 0.0720. The first kappa shape index (κ1) is 17.9. The first-order valence-corrected chi connectivity index (χ1v) is 9.68. The molecule has 7 nitrogen and oxygen atoms in total. The number of hydrazine groups is 1. The quantitative estimate of drug-likeness (QED) is 0.791. The number of thiocarbonyl (C=S) groups is 1. The summed E-state index contributed by atoms with van der Waals surface area (Å²) in [4.78, 5) is 29.9. The van der Waals surface area contributed by atoms with Crippen molar-refractivity contribution in [3.8, 4) is 0 Å². The Morgan fingerprint density at radius 3 is 2.81 bits per heavy atom. The minimum Gasteiger partial charge on any atom is -0.361 e. The van der Waals surface area contributed by atoms with Gasteiger partial charge in [0, 0.05) is 37.5 Å². The highest BCUT2D eigenvalue weighted by Gasteiger charge is 2.44. The van der Waals surface area contributed by atoms with Crippen LogP contribution in [0.2, 0.25) is 0 Å². The average molecular weight is 385 g/mol. The highest BCUT2D eigenvalue weighted by atomic mass is 32.1. The number of carbonyl (C=O) groups excluding carboxylic acids is 2. The van der Waals surface area contributed by atoms with Crippen LogP contribution >= 0.6 is 12.2 Å². The Labute approximate surface area is 163 Å². The number of likely N-dealkylation sites (N-methyl/N-ethyl adjacent to an activating group) is 1. The first-order valence-electron chi connectivity index (χ1n) is 9.27. The summed E-state index contributed by atoms with van der Waals surface area (Å²) in [5.41, 5.74) is 1.67. The zero-order valence-corrected chi connectivity index (χ0v) is 16.1.